The van der Waals surface area contributed by atoms with Crippen LogP contribution in [0.25, 0.3) is 11.1 Å². The van der Waals surface area contributed by atoms with Crippen molar-refractivity contribution in [3.05, 3.63) is 64.1 Å². The number of nitrogens with zero attached hydrogens (tertiary/aromatic N) is 2. The van der Waals surface area contributed by atoms with E-state index in [9.17, 15) is 0 Å². The van der Waals surface area contributed by atoms with Crippen LogP contribution in [0.1, 0.15) is 15.3 Å². The molecule has 4 heteroatoms. The molecule has 1 aromatic carbocycles. The van der Waals surface area contributed by atoms with E-state index in [1.165, 1.54) is 26.4 Å². The van der Waals surface area contributed by atoms with Crippen LogP contribution in [0.15, 0.2) is 48.8 Å². The largest absolute Gasteiger partial charge is 0.315 e. The molecule has 3 aromatic rings. The van der Waals surface area contributed by atoms with E-state index in [0.717, 1.165) is 13.1 Å². The van der Waals surface area contributed by atoms with Crippen LogP contribution in [-0.2, 0) is 13.1 Å². The lowest BCUT2D eigenvalue weighted by molar-refractivity contribution is 0.685. The number of aryl methyl sites for hydroxylation is 1. The summed E-state index contributed by atoms with van der Waals surface area (Å²) >= 11 is 1.86. The molecular weight excluding hydrogens is 278 g/mol. The number of hydrogen-bond donors (Lipinski definition) is 1. The van der Waals surface area contributed by atoms with Crippen LogP contribution in [-0.4, -0.2) is 16.8 Å². The molecule has 0 unspecified atom stereocenters. The molecule has 3 rings (SSSR count). The van der Waals surface area contributed by atoms with Gasteiger partial charge in [0.2, 0.25) is 0 Å². The van der Waals surface area contributed by atoms with E-state index in [4.69, 9.17) is 0 Å². The summed E-state index contributed by atoms with van der Waals surface area (Å²) in [7, 11) is 1.98. The molecule has 0 saturated heterocycles. The highest BCUT2D eigenvalue weighted by molar-refractivity contribution is 7.12. The maximum Gasteiger partial charge on any atom is 0.0670 e. The molecule has 0 aliphatic rings. The molecule has 1 N–H and O–H groups in total. The van der Waals surface area contributed by atoms with Gasteiger partial charge in [-0.15, -0.1) is 11.3 Å². The van der Waals surface area contributed by atoms with Crippen molar-refractivity contribution in [2.45, 2.75) is 20.0 Å². The minimum absolute atomic E-state index is 0.832. The van der Waals surface area contributed by atoms with Crippen molar-refractivity contribution in [2.75, 3.05) is 7.05 Å². The number of benzene rings is 1. The molecular formula is C17H19N3S. The summed E-state index contributed by atoms with van der Waals surface area (Å²) in [4.78, 5) is 2.75. The first-order valence-electron chi connectivity index (χ1n) is 7.07. The van der Waals surface area contributed by atoms with Crippen LogP contribution in [0.2, 0.25) is 0 Å². The summed E-state index contributed by atoms with van der Waals surface area (Å²) in [6.07, 6.45) is 4.05. The molecule has 108 valence electrons. The molecule has 3 nitrogen and oxygen atoms in total. The van der Waals surface area contributed by atoms with Gasteiger partial charge in [-0.05, 0) is 31.2 Å². The monoisotopic (exact) mass is 297 g/mol. The zero-order valence-corrected chi connectivity index (χ0v) is 13.2. The molecule has 0 aliphatic carbocycles. The maximum atomic E-state index is 4.49. The van der Waals surface area contributed by atoms with Crippen molar-refractivity contribution in [1.82, 2.24) is 15.1 Å². The summed E-state index contributed by atoms with van der Waals surface area (Å²) in [6, 6.07) is 12.6. The first-order chi connectivity index (χ1) is 10.3. The second-order valence-electron chi connectivity index (χ2n) is 5.12. The number of thiophene rings is 1. The van der Waals surface area contributed by atoms with Gasteiger partial charge >= 0.3 is 0 Å². The first kappa shape index (κ1) is 14.0. The second kappa shape index (κ2) is 6.24. The zero-order chi connectivity index (χ0) is 14.7. The Hall–Kier alpha value is -1.91. The summed E-state index contributed by atoms with van der Waals surface area (Å²) in [5.41, 5.74) is 3.73. The molecule has 2 aromatic heterocycles. The summed E-state index contributed by atoms with van der Waals surface area (Å²) in [6.45, 7) is 3.94. The van der Waals surface area contributed by atoms with Gasteiger partial charge in [0, 0.05) is 28.1 Å². The fraction of sp³-hybridized carbons (Fsp3) is 0.235. The lowest BCUT2D eigenvalue weighted by Crippen LogP contribution is -2.03. The summed E-state index contributed by atoms with van der Waals surface area (Å²) in [5.74, 6) is 0. The minimum Gasteiger partial charge on any atom is -0.315 e. The first-order valence-corrected chi connectivity index (χ1v) is 7.88. The average molecular weight is 297 g/mol. The lowest BCUT2D eigenvalue weighted by atomic mass is 10.1. The van der Waals surface area contributed by atoms with Gasteiger partial charge in [-0.2, -0.15) is 5.10 Å². The van der Waals surface area contributed by atoms with E-state index in [2.05, 4.69) is 53.9 Å². The third kappa shape index (κ3) is 3.23. The predicted octanol–water partition coefficient (Wildman–Crippen LogP) is 3.69. The van der Waals surface area contributed by atoms with Gasteiger partial charge in [0.25, 0.3) is 0 Å². The number of rotatable bonds is 5. The normalized spacial score (nSPS) is 11.0. The Kier molecular flexibility index (Phi) is 4.18. The van der Waals surface area contributed by atoms with E-state index in [0.29, 0.717) is 0 Å². The van der Waals surface area contributed by atoms with Crippen LogP contribution < -0.4 is 5.32 Å². The van der Waals surface area contributed by atoms with Crippen LogP contribution >= 0.6 is 11.3 Å². The molecule has 0 amide bonds. The fourth-order valence-electron chi connectivity index (χ4n) is 2.41. The Labute approximate surface area is 129 Å². The van der Waals surface area contributed by atoms with Gasteiger partial charge in [0.1, 0.15) is 0 Å². The number of nitrogens with one attached hydrogen (secondary N) is 1. The van der Waals surface area contributed by atoms with Gasteiger partial charge in [0.15, 0.2) is 0 Å². The van der Waals surface area contributed by atoms with Crippen molar-refractivity contribution in [2.24, 2.45) is 0 Å². The standard InChI is InChI=1S/C17H19N3S/c1-13-15(8-17(21-13)10-18-2)11-20-12-16(9-19-20)14-6-4-3-5-7-14/h3-9,12,18H,10-11H2,1-2H3. The van der Waals surface area contributed by atoms with E-state index < -0.39 is 0 Å². The zero-order valence-electron chi connectivity index (χ0n) is 12.3. The van der Waals surface area contributed by atoms with Crippen molar-refractivity contribution < 1.29 is 0 Å². The van der Waals surface area contributed by atoms with Gasteiger partial charge in [-0.3, -0.25) is 4.68 Å². The Morgan fingerprint density at radius 1 is 1.19 bits per heavy atom. The highest BCUT2D eigenvalue weighted by Gasteiger charge is 2.07. The second-order valence-corrected chi connectivity index (χ2v) is 6.46. The molecule has 0 spiro atoms. The van der Waals surface area contributed by atoms with Crippen molar-refractivity contribution in [1.29, 1.82) is 0 Å². The smallest absolute Gasteiger partial charge is 0.0670 e. The quantitative estimate of drug-likeness (QED) is 0.778. The molecule has 2 heterocycles. The molecule has 0 bridgehead atoms. The highest BCUT2D eigenvalue weighted by Crippen LogP contribution is 2.23. The number of hydrogen-bond acceptors (Lipinski definition) is 3. The van der Waals surface area contributed by atoms with Crippen molar-refractivity contribution in [3.8, 4) is 11.1 Å². The summed E-state index contributed by atoms with van der Waals surface area (Å²) < 4.78 is 2.01. The van der Waals surface area contributed by atoms with Crippen LogP contribution in [0.5, 0.6) is 0 Å². The average Bonchev–Trinajstić information content (AvgIpc) is 3.09. The Morgan fingerprint density at radius 3 is 2.76 bits per heavy atom. The fourth-order valence-corrected chi connectivity index (χ4v) is 3.48. The topological polar surface area (TPSA) is 29.9 Å². The van der Waals surface area contributed by atoms with Crippen LogP contribution in [0, 0.1) is 6.92 Å². The molecule has 0 radical (unpaired) electrons. The molecule has 0 atom stereocenters. The van der Waals surface area contributed by atoms with Gasteiger partial charge < -0.3 is 5.32 Å². The predicted molar refractivity (Wildman–Crippen MR) is 88.6 cm³/mol. The minimum atomic E-state index is 0.832. The molecule has 21 heavy (non-hydrogen) atoms. The maximum absolute atomic E-state index is 4.49. The summed E-state index contributed by atoms with van der Waals surface area (Å²) in [5, 5.41) is 7.69. The van der Waals surface area contributed by atoms with E-state index in [-0.39, 0.29) is 0 Å². The molecule has 0 aliphatic heterocycles. The molecule has 0 saturated carbocycles. The lowest BCUT2D eigenvalue weighted by Gasteiger charge is -2.00. The third-order valence-electron chi connectivity index (χ3n) is 3.50. The van der Waals surface area contributed by atoms with Crippen molar-refractivity contribution >= 4 is 11.3 Å². The third-order valence-corrected chi connectivity index (χ3v) is 4.59. The van der Waals surface area contributed by atoms with E-state index in [1.807, 2.05) is 35.3 Å². The SMILES string of the molecule is CNCc1cc(Cn2cc(-c3ccccc3)cn2)c(C)s1. The van der Waals surface area contributed by atoms with Crippen molar-refractivity contribution in [3.63, 3.8) is 0 Å². The van der Waals surface area contributed by atoms with E-state index >= 15 is 0 Å². The van der Waals surface area contributed by atoms with Gasteiger partial charge in [-0.25, -0.2) is 0 Å². The van der Waals surface area contributed by atoms with Gasteiger partial charge in [-0.1, -0.05) is 30.3 Å². The van der Waals surface area contributed by atoms with E-state index in [1.54, 1.807) is 0 Å². The van der Waals surface area contributed by atoms with Crippen LogP contribution in [0.4, 0.5) is 0 Å². The molecule has 0 fully saturated rings. The Balaban J connectivity index is 1.78. The van der Waals surface area contributed by atoms with Crippen LogP contribution in [0.3, 0.4) is 0 Å². The Bertz CT molecular complexity index is 713. The highest BCUT2D eigenvalue weighted by atomic mass is 32.1. The number of aromatic nitrogens is 2. The Morgan fingerprint density at radius 2 is 2.00 bits per heavy atom. The van der Waals surface area contributed by atoms with Gasteiger partial charge in [0.05, 0.1) is 12.7 Å².